The lowest BCUT2D eigenvalue weighted by Gasteiger charge is -2.35. The zero-order valence-electron chi connectivity index (χ0n) is 10.4. The molecule has 0 saturated carbocycles. The number of pyridine rings is 1. The Hall–Kier alpha value is -1.13. The Morgan fingerprint density at radius 1 is 1.47 bits per heavy atom. The van der Waals surface area contributed by atoms with Crippen LogP contribution >= 0.6 is 0 Å². The maximum Gasteiger partial charge on any atom is 0.128 e. The van der Waals surface area contributed by atoms with Crippen molar-refractivity contribution in [1.29, 1.82) is 0 Å². The predicted octanol–water partition coefficient (Wildman–Crippen LogP) is 1.34. The van der Waals surface area contributed by atoms with Crippen LogP contribution in [0.3, 0.4) is 0 Å². The highest BCUT2D eigenvalue weighted by molar-refractivity contribution is 5.40. The molecule has 2 rings (SSSR count). The van der Waals surface area contributed by atoms with Gasteiger partial charge in [0, 0.05) is 19.3 Å². The van der Waals surface area contributed by atoms with E-state index in [0.717, 1.165) is 30.9 Å². The van der Waals surface area contributed by atoms with Crippen molar-refractivity contribution >= 4 is 5.82 Å². The minimum absolute atomic E-state index is 0.192. The number of hydrogen-bond acceptors (Lipinski definition) is 4. The predicted molar refractivity (Wildman–Crippen MR) is 66.9 cm³/mol. The number of aliphatic hydroxyl groups excluding tert-OH is 2. The average Bonchev–Trinajstić information content (AvgIpc) is 2.33. The standard InChI is InChI=1S/C13H20N2O2/c1-9-8-15(6-5-12(9)17)13-4-3-11(7-14-13)10(2)16/h3-4,7,9-10,12,16-17H,5-6,8H2,1-2H3. The third kappa shape index (κ3) is 2.76. The summed E-state index contributed by atoms with van der Waals surface area (Å²) in [5.41, 5.74) is 0.832. The molecule has 0 radical (unpaired) electrons. The summed E-state index contributed by atoms with van der Waals surface area (Å²) in [7, 11) is 0. The second kappa shape index (κ2) is 5.02. The molecule has 17 heavy (non-hydrogen) atoms. The Morgan fingerprint density at radius 2 is 2.24 bits per heavy atom. The molecule has 4 heteroatoms. The minimum atomic E-state index is -0.473. The molecule has 1 aliphatic heterocycles. The minimum Gasteiger partial charge on any atom is -0.393 e. The fourth-order valence-electron chi connectivity index (χ4n) is 2.17. The molecule has 0 spiro atoms. The molecular formula is C13H20N2O2. The van der Waals surface area contributed by atoms with Crippen molar-refractivity contribution < 1.29 is 10.2 Å². The van der Waals surface area contributed by atoms with E-state index >= 15 is 0 Å². The number of aromatic nitrogens is 1. The Balaban J connectivity index is 2.07. The van der Waals surface area contributed by atoms with Gasteiger partial charge in [-0.25, -0.2) is 4.98 Å². The summed E-state index contributed by atoms with van der Waals surface area (Å²) >= 11 is 0. The van der Waals surface area contributed by atoms with E-state index in [1.54, 1.807) is 13.1 Å². The van der Waals surface area contributed by atoms with Gasteiger partial charge in [-0.2, -0.15) is 0 Å². The van der Waals surface area contributed by atoms with Crippen molar-refractivity contribution in [2.45, 2.75) is 32.5 Å². The third-order valence-corrected chi connectivity index (χ3v) is 3.44. The van der Waals surface area contributed by atoms with Gasteiger partial charge in [0.1, 0.15) is 5.82 Å². The maximum atomic E-state index is 9.68. The van der Waals surface area contributed by atoms with E-state index in [1.807, 2.05) is 12.1 Å². The molecule has 2 N–H and O–H groups in total. The molecular weight excluding hydrogens is 216 g/mol. The van der Waals surface area contributed by atoms with E-state index in [9.17, 15) is 10.2 Å². The molecule has 1 fully saturated rings. The quantitative estimate of drug-likeness (QED) is 0.813. The zero-order valence-corrected chi connectivity index (χ0v) is 10.4. The highest BCUT2D eigenvalue weighted by Gasteiger charge is 2.24. The Morgan fingerprint density at radius 3 is 2.76 bits per heavy atom. The van der Waals surface area contributed by atoms with Crippen molar-refractivity contribution in [3.8, 4) is 0 Å². The molecule has 3 unspecified atom stereocenters. The summed E-state index contributed by atoms with van der Waals surface area (Å²) in [5.74, 6) is 1.20. The summed E-state index contributed by atoms with van der Waals surface area (Å²) in [6.45, 7) is 5.46. The molecule has 0 aromatic carbocycles. The highest BCUT2D eigenvalue weighted by atomic mass is 16.3. The van der Waals surface area contributed by atoms with Gasteiger partial charge < -0.3 is 15.1 Å². The number of hydrogen-bond donors (Lipinski definition) is 2. The van der Waals surface area contributed by atoms with Crippen molar-refractivity contribution in [1.82, 2.24) is 4.98 Å². The first-order valence-electron chi connectivity index (χ1n) is 6.15. The molecule has 1 aromatic rings. The lowest BCUT2D eigenvalue weighted by atomic mass is 9.97. The molecule has 0 amide bonds. The number of piperidine rings is 1. The molecule has 2 heterocycles. The maximum absolute atomic E-state index is 9.68. The summed E-state index contributed by atoms with van der Waals surface area (Å²) < 4.78 is 0. The first-order chi connectivity index (χ1) is 8.08. The molecule has 4 nitrogen and oxygen atoms in total. The molecule has 3 atom stereocenters. The van der Waals surface area contributed by atoms with E-state index in [1.165, 1.54) is 0 Å². The fourth-order valence-corrected chi connectivity index (χ4v) is 2.17. The van der Waals surface area contributed by atoms with Gasteiger partial charge in [-0.15, -0.1) is 0 Å². The molecule has 1 aliphatic rings. The molecule has 0 aliphatic carbocycles. The lowest BCUT2D eigenvalue weighted by molar-refractivity contribution is 0.0969. The lowest BCUT2D eigenvalue weighted by Crippen LogP contribution is -2.42. The fraction of sp³-hybridized carbons (Fsp3) is 0.615. The molecule has 94 valence electrons. The van der Waals surface area contributed by atoms with Crippen molar-refractivity contribution in [3.63, 3.8) is 0 Å². The smallest absolute Gasteiger partial charge is 0.128 e. The number of anilines is 1. The SMILES string of the molecule is CC(O)c1ccc(N2CCC(O)C(C)C2)nc1. The summed E-state index contributed by atoms with van der Waals surface area (Å²) in [4.78, 5) is 6.55. The van der Waals surface area contributed by atoms with Crippen LogP contribution in [0.25, 0.3) is 0 Å². The van der Waals surface area contributed by atoms with Crippen molar-refractivity contribution in [2.24, 2.45) is 5.92 Å². The number of nitrogens with zero attached hydrogens (tertiary/aromatic N) is 2. The Kier molecular flexibility index (Phi) is 3.64. The molecule has 1 aromatic heterocycles. The van der Waals surface area contributed by atoms with Gasteiger partial charge >= 0.3 is 0 Å². The monoisotopic (exact) mass is 236 g/mol. The summed E-state index contributed by atoms with van der Waals surface area (Å²) in [5, 5.41) is 19.1. The van der Waals surface area contributed by atoms with Crippen LogP contribution in [0.15, 0.2) is 18.3 Å². The van der Waals surface area contributed by atoms with Crippen LogP contribution in [-0.4, -0.2) is 34.4 Å². The first-order valence-corrected chi connectivity index (χ1v) is 6.15. The van der Waals surface area contributed by atoms with Crippen molar-refractivity contribution in [2.75, 3.05) is 18.0 Å². The van der Waals surface area contributed by atoms with Crippen molar-refractivity contribution in [3.05, 3.63) is 23.9 Å². The summed E-state index contributed by atoms with van der Waals surface area (Å²) in [6, 6.07) is 3.84. The largest absolute Gasteiger partial charge is 0.393 e. The third-order valence-electron chi connectivity index (χ3n) is 3.44. The highest BCUT2D eigenvalue weighted by Crippen LogP contribution is 2.22. The second-order valence-electron chi connectivity index (χ2n) is 4.91. The normalized spacial score (nSPS) is 26.9. The van der Waals surface area contributed by atoms with Gasteiger partial charge in [-0.05, 0) is 30.9 Å². The number of rotatable bonds is 2. The van der Waals surface area contributed by atoms with Gasteiger partial charge in [-0.1, -0.05) is 13.0 Å². The van der Waals surface area contributed by atoms with Gasteiger partial charge in [0.05, 0.1) is 12.2 Å². The zero-order chi connectivity index (χ0) is 12.4. The van der Waals surface area contributed by atoms with Crippen LogP contribution in [0.4, 0.5) is 5.82 Å². The van der Waals surface area contributed by atoms with E-state index in [2.05, 4.69) is 16.8 Å². The molecule has 0 bridgehead atoms. The van der Waals surface area contributed by atoms with E-state index in [0.29, 0.717) is 0 Å². The van der Waals surface area contributed by atoms with Gasteiger partial charge in [-0.3, -0.25) is 0 Å². The van der Waals surface area contributed by atoms with Gasteiger partial charge in [0.2, 0.25) is 0 Å². The van der Waals surface area contributed by atoms with Crippen LogP contribution < -0.4 is 4.90 Å². The van der Waals surface area contributed by atoms with Gasteiger partial charge in [0.15, 0.2) is 0 Å². The van der Waals surface area contributed by atoms with E-state index in [-0.39, 0.29) is 12.0 Å². The van der Waals surface area contributed by atoms with Crippen LogP contribution in [0.5, 0.6) is 0 Å². The van der Waals surface area contributed by atoms with E-state index < -0.39 is 6.10 Å². The topological polar surface area (TPSA) is 56.6 Å². The van der Waals surface area contributed by atoms with Crippen LogP contribution in [-0.2, 0) is 0 Å². The van der Waals surface area contributed by atoms with Crippen LogP contribution in [0.1, 0.15) is 31.9 Å². The number of aliphatic hydroxyl groups is 2. The van der Waals surface area contributed by atoms with E-state index in [4.69, 9.17) is 0 Å². The Bertz CT molecular complexity index is 364. The first kappa shape index (κ1) is 12.3. The second-order valence-corrected chi connectivity index (χ2v) is 4.91. The van der Waals surface area contributed by atoms with Crippen LogP contribution in [0.2, 0.25) is 0 Å². The van der Waals surface area contributed by atoms with Gasteiger partial charge in [0.25, 0.3) is 0 Å². The molecule has 1 saturated heterocycles. The summed E-state index contributed by atoms with van der Waals surface area (Å²) in [6.07, 6.45) is 1.85. The van der Waals surface area contributed by atoms with Crippen LogP contribution in [0, 0.1) is 5.92 Å². The Labute approximate surface area is 102 Å². The average molecular weight is 236 g/mol.